The molecule has 0 heterocycles. The van der Waals surface area contributed by atoms with Crippen LogP contribution in [-0.2, 0) is 9.78 Å². The van der Waals surface area contributed by atoms with Crippen molar-refractivity contribution in [1.82, 2.24) is 0 Å². The molecule has 66 valence electrons. The van der Waals surface area contributed by atoms with Crippen LogP contribution in [0.1, 0.15) is 18.4 Å². The van der Waals surface area contributed by atoms with E-state index < -0.39 is 0 Å². The molecule has 0 fully saturated rings. The number of hydrogen-bond acceptors (Lipinski definition) is 2. The third kappa shape index (κ3) is 2.64. The topological polar surface area (TPSA) is 18.5 Å². The Hall–Kier alpha value is -0.860. The lowest BCUT2D eigenvalue weighted by molar-refractivity contribution is -0.274. The summed E-state index contributed by atoms with van der Waals surface area (Å²) in [5, 5.41) is 0. The molecule has 0 N–H and O–H groups in total. The predicted molar refractivity (Wildman–Crippen MR) is 47.8 cm³/mol. The zero-order valence-electron chi connectivity index (χ0n) is 7.49. The molecule has 1 aromatic rings. The van der Waals surface area contributed by atoms with Gasteiger partial charge >= 0.3 is 0 Å². The summed E-state index contributed by atoms with van der Waals surface area (Å²) in [5.74, 6) is 0.381. The minimum absolute atomic E-state index is 0.381. The Morgan fingerprint density at radius 2 is 1.92 bits per heavy atom. The summed E-state index contributed by atoms with van der Waals surface area (Å²) in [6, 6.07) is 10.2. The first-order valence-electron chi connectivity index (χ1n) is 4.05. The van der Waals surface area contributed by atoms with Crippen LogP contribution < -0.4 is 0 Å². The lowest BCUT2D eigenvalue weighted by Crippen LogP contribution is -2.03. The molecule has 0 aliphatic carbocycles. The summed E-state index contributed by atoms with van der Waals surface area (Å²) in [6.07, 6.45) is 0. The van der Waals surface area contributed by atoms with Gasteiger partial charge in [0.25, 0.3) is 0 Å². The highest BCUT2D eigenvalue weighted by Crippen LogP contribution is 2.14. The molecule has 2 heteroatoms. The molecule has 1 rings (SSSR count). The van der Waals surface area contributed by atoms with E-state index in [2.05, 4.69) is 23.9 Å². The van der Waals surface area contributed by atoms with E-state index in [0.29, 0.717) is 12.5 Å². The van der Waals surface area contributed by atoms with Gasteiger partial charge in [0.05, 0.1) is 13.7 Å². The first kappa shape index (κ1) is 9.23. The largest absolute Gasteiger partial charge is 0.240 e. The highest BCUT2D eigenvalue weighted by Gasteiger charge is 2.03. The maximum atomic E-state index is 4.85. The average Bonchev–Trinajstić information content (AvgIpc) is 2.15. The summed E-state index contributed by atoms with van der Waals surface area (Å²) in [4.78, 5) is 9.38. The van der Waals surface area contributed by atoms with Gasteiger partial charge in [0.2, 0.25) is 0 Å². The van der Waals surface area contributed by atoms with Crippen LogP contribution in [0, 0.1) is 0 Å². The molecular weight excluding hydrogens is 152 g/mol. The van der Waals surface area contributed by atoms with Crippen molar-refractivity contribution in [2.75, 3.05) is 13.7 Å². The molecule has 12 heavy (non-hydrogen) atoms. The Balaban J connectivity index is 2.48. The van der Waals surface area contributed by atoms with Crippen LogP contribution in [-0.4, -0.2) is 13.7 Å². The van der Waals surface area contributed by atoms with Gasteiger partial charge in [-0.05, 0) is 5.56 Å². The molecule has 0 amide bonds. The third-order valence-electron chi connectivity index (χ3n) is 1.80. The molecule has 0 saturated heterocycles. The van der Waals surface area contributed by atoms with Crippen LogP contribution >= 0.6 is 0 Å². The second-order valence-electron chi connectivity index (χ2n) is 2.76. The van der Waals surface area contributed by atoms with E-state index in [-0.39, 0.29) is 0 Å². The molecule has 0 saturated carbocycles. The summed E-state index contributed by atoms with van der Waals surface area (Å²) in [5.41, 5.74) is 1.27. The highest BCUT2D eigenvalue weighted by atomic mass is 17.2. The van der Waals surface area contributed by atoms with Gasteiger partial charge in [0, 0.05) is 5.92 Å². The molecular formula is C10H14O2. The van der Waals surface area contributed by atoms with Crippen molar-refractivity contribution in [2.24, 2.45) is 0 Å². The van der Waals surface area contributed by atoms with E-state index in [4.69, 9.17) is 4.89 Å². The van der Waals surface area contributed by atoms with Crippen LogP contribution in [0.3, 0.4) is 0 Å². The normalized spacial score (nSPS) is 12.8. The summed E-state index contributed by atoms with van der Waals surface area (Å²) < 4.78 is 0. The van der Waals surface area contributed by atoms with Crippen molar-refractivity contribution in [3.05, 3.63) is 35.9 Å². The molecule has 0 aromatic heterocycles. The Labute approximate surface area is 73.0 Å². The SMILES string of the molecule is COOCC(C)c1ccccc1. The van der Waals surface area contributed by atoms with Crippen LogP contribution in [0.4, 0.5) is 0 Å². The zero-order chi connectivity index (χ0) is 8.81. The molecule has 0 aliphatic heterocycles. The Kier molecular flexibility index (Phi) is 3.77. The van der Waals surface area contributed by atoms with E-state index in [0.717, 1.165) is 0 Å². The van der Waals surface area contributed by atoms with Gasteiger partial charge in [-0.15, -0.1) is 0 Å². The van der Waals surface area contributed by atoms with E-state index in [9.17, 15) is 0 Å². The molecule has 0 radical (unpaired) electrons. The first-order valence-corrected chi connectivity index (χ1v) is 4.05. The fourth-order valence-corrected chi connectivity index (χ4v) is 1.05. The standard InChI is InChI=1S/C10H14O2/c1-9(8-12-11-2)10-6-4-3-5-7-10/h3-7,9H,8H2,1-2H3. The van der Waals surface area contributed by atoms with Crippen molar-refractivity contribution in [3.8, 4) is 0 Å². The fourth-order valence-electron chi connectivity index (χ4n) is 1.05. The minimum Gasteiger partial charge on any atom is -0.240 e. The van der Waals surface area contributed by atoms with Gasteiger partial charge in [-0.2, -0.15) is 0 Å². The van der Waals surface area contributed by atoms with E-state index in [1.807, 2.05) is 18.2 Å². The highest BCUT2D eigenvalue weighted by molar-refractivity contribution is 5.18. The lowest BCUT2D eigenvalue weighted by Gasteiger charge is -2.09. The smallest absolute Gasteiger partial charge is 0.0888 e. The molecule has 1 aromatic carbocycles. The van der Waals surface area contributed by atoms with Crippen molar-refractivity contribution < 1.29 is 9.78 Å². The van der Waals surface area contributed by atoms with Gasteiger partial charge < -0.3 is 0 Å². The number of benzene rings is 1. The van der Waals surface area contributed by atoms with Crippen molar-refractivity contribution in [3.63, 3.8) is 0 Å². The van der Waals surface area contributed by atoms with E-state index in [1.165, 1.54) is 12.7 Å². The summed E-state index contributed by atoms with van der Waals surface area (Å²) >= 11 is 0. The molecule has 2 nitrogen and oxygen atoms in total. The quantitative estimate of drug-likeness (QED) is 0.505. The minimum atomic E-state index is 0.381. The van der Waals surface area contributed by atoms with Crippen LogP contribution in [0.5, 0.6) is 0 Å². The van der Waals surface area contributed by atoms with Gasteiger partial charge in [0.1, 0.15) is 0 Å². The Morgan fingerprint density at radius 1 is 1.25 bits per heavy atom. The van der Waals surface area contributed by atoms with Crippen LogP contribution in [0.15, 0.2) is 30.3 Å². The molecule has 1 unspecified atom stereocenters. The van der Waals surface area contributed by atoms with Crippen molar-refractivity contribution in [2.45, 2.75) is 12.8 Å². The maximum absolute atomic E-state index is 4.85. The second-order valence-corrected chi connectivity index (χ2v) is 2.76. The number of hydrogen-bond donors (Lipinski definition) is 0. The van der Waals surface area contributed by atoms with Crippen LogP contribution in [0.2, 0.25) is 0 Å². The van der Waals surface area contributed by atoms with Gasteiger partial charge in [0.15, 0.2) is 0 Å². The second kappa shape index (κ2) is 4.91. The lowest BCUT2D eigenvalue weighted by atomic mass is 10.0. The first-order chi connectivity index (χ1) is 5.84. The number of rotatable bonds is 4. The van der Waals surface area contributed by atoms with Crippen LogP contribution in [0.25, 0.3) is 0 Å². The maximum Gasteiger partial charge on any atom is 0.0888 e. The summed E-state index contributed by atoms with van der Waals surface area (Å²) in [7, 11) is 1.53. The molecule has 0 bridgehead atoms. The fraction of sp³-hybridized carbons (Fsp3) is 0.400. The monoisotopic (exact) mass is 166 g/mol. The van der Waals surface area contributed by atoms with Crippen molar-refractivity contribution in [1.29, 1.82) is 0 Å². The molecule has 0 spiro atoms. The van der Waals surface area contributed by atoms with Crippen molar-refractivity contribution >= 4 is 0 Å². The summed E-state index contributed by atoms with van der Waals surface area (Å²) in [6.45, 7) is 2.70. The Bertz CT molecular complexity index is 208. The molecule has 0 aliphatic rings. The van der Waals surface area contributed by atoms with Gasteiger partial charge in [-0.25, -0.2) is 9.78 Å². The predicted octanol–water partition coefficient (Wildman–Crippen LogP) is 2.37. The Morgan fingerprint density at radius 3 is 2.50 bits per heavy atom. The van der Waals surface area contributed by atoms with Gasteiger partial charge in [-0.1, -0.05) is 37.3 Å². The third-order valence-corrected chi connectivity index (χ3v) is 1.80. The average molecular weight is 166 g/mol. The van der Waals surface area contributed by atoms with Gasteiger partial charge in [-0.3, -0.25) is 0 Å². The van der Waals surface area contributed by atoms with E-state index >= 15 is 0 Å². The van der Waals surface area contributed by atoms with E-state index in [1.54, 1.807) is 0 Å². The molecule has 1 atom stereocenters. The zero-order valence-corrected chi connectivity index (χ0v) is 7.49.